The zero-order valence-electron chi connectivity index (χ0n) is 13.6. The largest absolute Gasteiger partial charge is 0.492 e. The number of carbonyl (C=O) groups excluding carboxylic acids is 2. The van der Waals surface area contributed by atoms with E-state index in [-0.39, 0.29) is 18.3 Å². The highest BCUT2D eigenvalue weighted by molar-refractivity contribution is 5.95. The van der Waals surface area contributed by atoms with Gasteiger partial charge in [-0.05, 0) is 37.7 Å². The molecule has 0 aliphatic heterocycles. The van der Waals surface area contributed by atoms with Crippen molar-refractivity contribution >= 4 is 11.9 Å². The molecule has 1 rings (SSSR count). The molecule has 0 atom stereocenters. The molecular weight excluding hydrogens is 301 g/mol. The van der Waals surface area contributed by atoms with Crippen LogP contribution < -0.4 is 15.4 Å². The fraction of sp³-hybridized carbons (Fsp3) is 0.500. The number of urea groups is 1. The predicted octanol–water partition coefficient (Wildman–Crippen LogP) is 1.76. The van der Waals surface area contributed by atoms with Crippen LogP contribution in [0.1, 0.15) is 19.8 Å². The molecule has 0 saturated carbocycles. The minimum Gasteiger partial charge on any atom is -0.492 e. The van der Waals surface area contributed by atoms with Gasteiger partial charge in [0.2, 0.25) is 5.91 Å². The number of benzene rings is 1. The summed E-state index contributed by atoms with van der Waals surface area (Å²) in [6.45, 7) is 3.53. The van der Waals surface area contributed by atoms with Crippen LogP contribution in [0.15, 0.2) is 24.3 Å². The first-order chi connectivity index (χ1) is 11.0. The van der Waals surface area contributed by atoms with Gasteiger partial charge in [-0.1, -0.05) is 13.3 Å². The van der Waals surface area contributed by atoms with E-state index in [4.69, 9.17) is 4.74 Å². The van der Waals surface area contributed by atoms with Crippen LogP contribution in [-0.4, -0.2) is 50.1 Å². The van der Waals surface area contributed by atoms with Crippen molar-refractivity contribution in [2.45, 2.75) is 19.8 Å². The zero-order chi connectivity index (χ0) is 17.1. The molecule has 0 fully saturated rings. The van der Waals surface area contributed by atoms with Crippen LogP contribution in [0.2, 0.25) is 0 Å². The quantitative estimate of drug-likeness (QED) is 0.679. The molecule has 0 heterocycles. The van der Waals surface area contributed by atoms with Gasteiger partial charge < -0.3 is 10.1 Å². The lowest BCUT2D eigenvalue weighted by Crippen LogP contribution is -2.44. The minimum atomic E-state index is -0.473. The lowest BCUT2D eigenvalue weighted by molar-refractivity contribution is -0.120. The average molecular weight is 325 g/mol. The van der Waals surface area contributed by atoms with E-state index in [0.717, 1.165) is 12.8 Å². The Hall–Kier alpha value is -2.15. The van der Waals surface area contributed by atoms with E-state index in [2.05, 4.69) is 10.6 Å². The first-order valence-corrected chi connectivity index (χ1v) is 7.66. The molecule has 3 amide bonds. The first-order valence-electron chi connectivity index (χ1n) is 7.66. The lowest BCUT2D eigenvalue weighted by atomic mass is 10.3. The number of halogens is 1. The van der Waals surface area contributed by atoms with Crippen molar-refractivity contribution in [3.8, 4) is 5.75 Å². The van der Waals surface area contributed by atoms with E-state index in [1.807, 2.05) is 6.92 Å². The van der Waals surface area contributed by atoms with Gasteiger partial charge in [0.1, 0.15) is 18.2 Å². The smallest absolute Gasteiger partial charge is 0.321 e. The molecule has 7 heteroatoms. The standard InChI is InChI=1S/C16H24FN3O3/c1-3-4-9-18-16(22)19-15(21)12-20(2)10-11-23-14-7-5-13(17)6-8-14/h5-8H,3-4,9-12H2,1-2H3,(H2,18,19,21,22). The number of amides is 3. The number of unbranched alkanes of at least 4 members (excludes halogenated alkanes) is 1. The Morgan fingerprint density at radius 1 is 1.26 bits per heavy atom. The first kappa shape index (κ1) is 18.9. The molecule has 0 unspecified atom stereocenters. The second kappa shape index (κ2) is 10.6. The maximum atomic E-state index is 12.7. The van der Waals surface area contributed by atoms with Gasteiger partial charge in [0, 0.05) is 13.1 Å². The number of hydrogen-bond donors (Lipinski definition) is 2. The van der Waals surface area contributed by atoms with Gasteiger partial charge in [-0.3, -0.25) is 15.0 Å². The monoisotopic (exact) mass is 325 g/mol. The van der Waals surface area contributed by atoms with Crippen LogP contribution in [0.4, 0.5) is 9.18 Å². The van der Waals surface area contributed by atoms with Crippen LogP contribution in [0.5, 0.6) is 5.75 Å². The highest BCUT2D eigenvalue weighted by Gasteiger charge is 2.10. The highest BCUT2D eigenvalue weighted by Crippen LogP contribution is 2.10. The summed E-state index contributed by atoms with van der Waals surface area (Å²) in [4.78, 5) is 24.8. The second-order valence-electron chi connectivity index (χ2n) is 5.20. The SMILES string of the molecule is CCCCNC(=O)NC(=O)CN(C)CCOc1ccc(F)cc1. The Morgan fingerprint density at radius 3 is 2.61 bits per heavy atom. The third kappa shape index (κ3) is 8.77. The van der Waals surface area contributed by atoms with Crippen LogP contribution in [0.25, 0.3) is 0 Å². The lowest BCUT2D eigenvalue weighted by Gasteiger charge is -2.16. The van der Waals surface area contributed by atoms with Gasteiger partial charge in [0.05, 0.1) is 6.54 Å². The fourth-order valence-electron chi connectivity index (χ4n) is 1.76. The summed E-state index contributed by atoms with van der Waals surface area (Å²) < 4.78 is 18.2. The summed E-state index contributed by atoms with van der Waals surface area (Å²) in [7, 11) is 1.75. The molecule has 0 saturated heterocycles. The Kier molecular flexibility index (Phi) is 8.67. The van der Waals surface area contributed by atoms with E-state index in [1.54, 1.807) is 24.1 Å². The number of ether oxygens (including phenoxy) is 1. The van der Waals surface area contributed by atoms with E-state index in [9.17, 15) is 14.0 Å². The number of imide groups is 1. The van der Waals surface area contributed by atoms with Crippen molar-refractivity contribution in [2.24, 2.45) is 0 Å². The van der Waals surface area contributed by atoms with Gasteiger partial charge >= 0.3 is 6.03 Å². The maximum absolute atomic E-state index is 12.7. The maximum Gasteiger partial charge on any atom is 0.321 e. The topological polar surface area (TPSA) is 70.7 Å². The second-order valence-corrected chi connectivity index (χ2v) is 5.20. The van der Waals surface area contributed by atoms with Crippen molar-refractivity contribution in [3.05, 3.63) is 30.1 Å². The number of nitrogens with one attached hydrogen (secondary N) is 2. The summed E-state index contributed by atoms with van der Waals surface area (Å²) in [6.07, 6.45) is 1.85. The number of likely N-dealkylation sites (N-methyl/N-ethyl adjacent to an activating group) is 1. The molecule has 6 nitrogen and oxygen atoms in total. The molecule has 0 aromatic heterocycles. The summed E-state index contributed by atoms with van der Waals surface area (Å²) in [6, 6.07) is 5.26. The molecule has 0 aliphatic carbocycles. The molecule has 0 radical (unpaired) electrons. The third-order valence-electron chi connectivity index (χ3n) is 3.04. The van der Waals surface area contributed by atoms with Crippen molar-refractivity contribution in [2.75, 3.05) is 33.3 Å². The number of hydrogen-bond acceptors (Lipinski definition) is 4. The van der Waals surface area contributed by atoms with Gasteiger partial charge in [-0.15, -0.1) is 0 Å². The van der Waals surface area contributed by atoms with Gasteiger partial charge in [0.15, 0.2) is 0 Å². The average Bonchev–Trinajstić information content (AvgIpc) is 2.49. The Bertz CT molecular complexity index is 494. The number of carbonyl (C=O) groups is 2. The molecule has 128 valence electrons. The van der Waals surface area contributed by atoms with Crippen molar-refractivity contribution in [1.29, 1.82) is 0 Å². The van der Waals surface area contributed by atoms with Crippen molar-refractivity contribution in [1.82, 2.24) is 15.5 Å². The predicted molar refractivity (Wildman–Crippen MR) is 85.8 cm³/mol. The van der Waals surface area contributed by atoms with Crippen LogP contribution in [0, 0.1) is 5.82 Å². The van der Waals surface area contributed by atoms with Crippen molar-refractivity contribution < 1.29 is 18.7 Å². The van der Waals surface area contributed by atoms with E-state index in [0.29, 0.717) is 25.4 Å². The zero-order valence-corrected chi connectivity index (χ0v) is 13.6. The molecule has 1 aromatic rings. The number of rotatable bonds is 9. The molecule has 23 heavy (non-hydrogen) atoms. The Balaban J connectivity index is 2.17. The van der Waals surface area contributed by atoms with E-state index < -0.39 is 6.03 Å². The van der Waals surface area contributed by atoms with Crippen LogP contribution in [-0.2, 0) is 4.79 Å². The summed E-state index contributed by atoms with van der Waals surface area (Å²) in [5.41, 5.74) is 0. The third-order valence-corrected chi connectivity index (χ3v) is 3.04. The summed E-state index contributed by atoms with van der Waals surface area (Å²) >= 11 is 0. The Morgan fingerprint density at radius 2 is 1.96 bits per heavy atom. The van der Waals surface area contributed by atoms with E-state index in [1.165, 1.54) is 12.1 Å². The van der Waals surface area contributed by atoms with Gasteiger partial charge in [0.25, 0.3) is 0 Å². The fourth-order valence-corrected chi connectivity index (χ4v) is 1.76. The molecule has 0 spiro atoms. The molecule has 0 aliphatic rings. The van der Waals surface area contributed by atoms with Gasteiger partial charge in [-0.2, -0.15) is 0 Å². The molecular formula is C16H24FN3O3. The van der Waals surface area contributed by atoms with Crippen molar-refractivity contribution in [3.63, 3.8) is 0 Å². The van der Waals surface area contributed by atoms with Crippen LogP contribution >= 0.6 is 0 Å². The van der Waals surface area contributed by atoms with Crippen LogP contribution in [0.3, 0.4) is 0 Å². The van der Waals surface area contributed by atoms with Gasteiger partial charge in [-0.25, -0.2) is 9.18 Å². The van der Waals surface area contributed by atoms with E-state index >= 15 is 0 Å². The minimum absolute atomic E-state index is 0.0912. The summed E-state index contributed by atoms with van der Waals surface area (Å²) in [5.74, 6) is -0.119. The normalized spacial score (nSPS) is 10.4. The molecule has 1 aromatic carbocycles. The molecule has 0 bridgehead atoms. The molecule has 2 N–H and O–H groups in total. The highest BCUT2D eigenvalue weighted by atomic mass is 19.1. The summed E-state index contributed by atoms with van der Waals surface area (Å²) in [5, 5.41) is 4.88. The number of nitrogens with zero attached hydrogens (tertiary/aromatic N) is 1. The Labute approximate surface area is 136 Å².